The molecule has 76 heavy (non-hydrogen) atoms. The standard InChI is InChI=1S/C57H87N9O10/c1-11-36(9)46(58)53(71)64-48(37(10)12-2)54(72)61-40(29-33(3)4)51(69)63-47(35(7)8)56(74)66-28-20-26-45(66)55(73)65-27-19-25-44(65)52(70)60-42(32-39-23-17-14-18-24-39)49(67)59-41(31-38-21-15-13-16-22-38)50(68)62-43(57(75)76)30-34(5)6/h13-18,21-24,33-37,40-48H,11-12,19-20,25-32,58H2,1-10H3,(H,59,67)(H,60,70)(H,61,72)(H,62,68)(H,63,69)(H,64,71)(H,75,76)/t36-,37-,40-,41+,42-,43-,44-,45-,46-,47-,48-/m0/s1. The fourth-order valence-electron chi connectivity index (χ4n) is 9.78. The Balaban J connectivity index is 1.54. The van der Waals surface area contributed by atoms with Crippen molar-refractivity contribution in [2.75, 3.05) is 13.1 Å². The first-order valence-corrected chi connectivity index (χ1v) is 27.5. The van der Waals surface area contributed by atoms with Gasteiger partial charge in [-0.25, -0.2) is 4.79 Å². The fraction of sp³-hybridized carbons (Fsp3) is 0.632. The number of hydrogen-bond donors (Lipinski definition) is 8. The average Bonchev–Trinajstić information content (AvgIpc) is 4.09. The summed E-state index contributed by atoms with van der Waals surface area (Å²) in [4.78, 5) is 129. The van der Waals surface area contributed by atoms with Gasteiger partial charge < -0.3 is 52.5 Å². The van der Waals surface area contributed by atoms with E-state index in [1.165, 1.54) is 9.80 Å². The Bertz CT molecular complexity index is 2280. The highest BCUT2D eigenvalue weighted by Gasteiger charge is 2.45. The molecule has 0 bridgehead atoms. The van der Waals surface area contributed by atoms with Gasteiger partial charge in [0.2, 0.25) is 47.3 Å². The molecule has 8 amide bonds. The monoisotopic (exact) mass is 1060 g/mol. The lowest BCUT2D eigenvalue weighted by atomic mass is 9.94. The third-order valence-corrected chi connectivity index (χ3v) is 14.7. The zero-order valence-corrected chi connectivity index (χ0v) is 46.4. The molecule has 2 aromatic rings. The maximum absolute atomic E-state index is 14.7. The molecule has 4 rings (SSSR count). The van der Waals surface area contributed by atoms with E-state index in [2.05, 4.69) is 31.9 Å². The number of carboxylic acids is 1. The van der Waals surface area contributed by atoms with Crippen LogP contribution >= 0.6 is 0 Å². The number of likely N-dealkylation sites (tertiary alicyclic amines) is 2. The summed E-state index contributed by atoms with van der Waals surface area (Å²) in [5, 5.41) is 26.8. The summed E-state index contributed by atoms with van der Waals surface area (Å²) in [7, 11) is 0. The highest BCUT2D eigenvalue weighted by Crippen LogP contribution is 2.27. The van der Waals surface area contributed by atoms with Gasteiger partial charge in [-0.1, -0.05) is 143 Å². The molecule has 2 heterocycles. The number of amides is 8. The van der Waals surface area contributed by atoms with Crippen LogP contribution in [0.4, 0.5) is 0 Å². The molecule has 0 aliphatic carbocycles. The van der Waals surface area contributed by atoms with Crippen molar-refractivity contribution in [1.29, 1.82) is 0 Å². The molecule has 2 aromatic carbocycles. The number of nitrogens with one attached hydrogen (secondary N) is 6. The van der Waals surface area contributed by atoms with E-state index in [1.54, 1.807) is 62.4 Å². The molecule has 0 saturated carbocycles. The molecule has 0 unspecified atom stereocenters. The first-order valence-electron chi connectivity index (χ1n) is 27.5. The van der Waals surface area contributed by atoms with E-state index in [1.807, 2.05) is 67.5 Å². The van der Waals surface area contributed by atoms with Crippen LogP contribution in [0.25, 0.3) is 0 Å². The van der Waals surface area contributed by atoms with E-state index >= 15 is 0 Å². The summed E-state index contributed by atoms with van der Waals surface area (Å²) < 4.78 is 0. The van der Waals surface area contributed by atoms with Gasteiger partial charge in [-0.15, -0.1) is 0 Å². The highest BCUT2D eigenvalue weighted by atomic mass is 16.4. The van der Waals surface area contributed by atoms with Crippen LogP contribution in [0, 0.1) is 29.6 Å². The molecule has 0 radical (unpaired) electrons. The smallest absolute Gasteiger partial charge is 0.326 e. The van der Waals surface area contributed by atoms with Crippen LogP contribution < -0.4 is 37.6 Å². The van der Waals surface area contributed by atoms with Crippen molar-refractivity contribution in [3.8, 4) is 0 Å². The minimum Gasteiger partial charge on any atom is -0.480 e. The fourth-order valence-corrected chi connectivity index (χ4v) is 9.78. The van der Waals surface area contributed by atoms with Gasteiger partial charge in [-0.3, -0.25) is 38.4 Å². The van der Waals surface area contributed by atoms with Crippen molar-refractivity contribution < 1.29 is 48.3 Å². The molecule has 0 aromatic heterocycles. The number of aliphatic carboxylic acids is 1. The minimum atomic E-state index is -1.22. The number of hydrogen-bond acceptors (Lipinski definition) is 10. The van der Waals surface area contributed by atoms with Crippen molar-refractivity contribution in [3.05, 3.63) is 71.8 Å². The predicted octanol–water partition coefficient (Wildman–Crippen LogP) is 3.61. The number of benzene rings is 2. The summed E-state index contributed by atoms with van der Waals surface area (Å²) >= 11 is 0. The Hall–Kier alpha value is -6.37. The molecule has 2 aliphatic heterocycles. The van der Waals surface area contributed by atoms with Crippen molar-refractivity contribution in [3.63, 3.8) is 0 Å². The van der Waals surface area contributed by atoms with E-state index in [0.717, 1.165) is 0 Å². The van der Waals surface area contributed by atoms with E-state index < -0.39 is 114 Å². The van der Waals surface area contributed by atoms with Gasteiger partial charge in [0.1, 0.15) is 48.3 Å². The maximum Gasteiger partial charge on any atom is 0.326 e. The van der Waals surface area contributed by atoms with Crippen molar-refractivity contribution >= 4 is 53.2 Å². The second-order valence-corrected chi connectivity index (χ2v) is 22.1. The summed E-state index contributed by atoms with van der Waals surface area (Å²) in [6.07, 6.45) is 3.24. The Morgan fingerprint density at radius 1 is 0.539 bits per heavy atom. The second-order valence-electron chi connectivity index (χ2n) is 22.1. The first kappa shape index (κ1) is 62.2. The molecule has 19 nitrogen and oxygen atoms in total. The van der Waals surface area contributed by atoms with E-state index in [0.29, 0.717) is 43.2 Å². The molecule has 2 fully saturated rings. The highest BCUT2D eigenvalue weighted by molar-refractivity contribution is 5.98. The van der Waals surface area contributed by atoms with Gasteiger partial charge in [0.05, 0.1) is 6.04 Å². The summed E-state index contributed by atoms with van der Waals surface area (Å²) in [5.74, 6) is -6.65. The second kappa shape index (κ2) is 29.8. The van der Waals surface area contributed by atoms with E-state index in [4.69, 9.17) is 5.73 Å². The number of carboxylic acid groups (broad SMARTS) is 1. The van der Waals surface area contributed by atoms with Gasteiger partial charge in [0, 0.05) is 25.9 Å². The lowest BCUT2D eigenvalue weighted by Crippen LogP contribution is -2.61. The van der Waals surface area contributed by atoms with Crippen LogP contribution in [0.3, 0.4) is 0 Å². The SMILES string of the molecule is CC[C@H](C)[C@H](N)C(=O)N[C@H](C(=O)N[C@@H](CC(C)C)C(=O)N[C@H](C(=O)N1CCC[C@H]1C(=O)N1CCC[C@H]1C(=O)N[C@@H](Cc1ccccc1)C(=O)N[C@H](Cc1ccccc1)C(=O)N[C@@H](CC(C)C)C(=O)O)C(C)C)[C@@H](C)CC. The third-order valence-electron chi connectivity index (χ3n) is 14.7. The number of carbonyl (C=O) groups is 9. The van der Waals surface area contributed by atoms with Gasteiger partial charge in [-0.05, 0) is 79.2 Å². The summed E-state index contributed by atoms with van der Waals surface area (Å²) in [6.45, 7) is 19.0. The molecule has 420 valence electrons. The third kappa shape index (κ3) is 17.9. The normalized spacial score (nSPS) is 19.1. The van der Waals surface area contributed by atoms with Gasteiger partial charge in [-0.2, -0.15) is 0 Å². The van der Waals surface area contributed by atoms with E-state index in [9.17, 15) is 48.3 Å². The van der Waals surface area contributed by atoms with Crippen LogP contribution in [-0.4, -0.2) is 136 Å². The molecule has 19 heteroatoms. The number of carbonyl (C=O) groups excluding carboxylic acids is 8. The Morgan fingerprint density at radius 3 is 1.49 bits per heavy atom. The lowest BCUT2D eigenvalue weighted by Gasteiger charge is -2.35. The molecule has 11 atom stereocenters. The lowest BCUT2D eigenvalue weighted by molar-refractivity contribution is -0.148. The maximum atomic E-state index is 14.7. The van der Waals surface area contributed by atoms with Gasteiger partial charge in [0.25, 0.3) is 0 Å². The van der Waals surface area contributed by atoms with E-state index in [-0.39, 0.29) is 68.9 Å². The summed E-state index contributed by atoms with van der Waals surface area (Å²) in [5.41, 5.74) is 7.64. The van der Waals surface area contributed by atoms with Crippen LogP contribution in [-0.2, 0) is 56.0 Å². The summed E-state index contributed by atoms with van der Waals surface area (Å²) in [6, 6.07) is 8.42. The van der Waals surface area contributed by atoms with Crippen LogP contribution in [0.5, 0.6) is 0 Å². The minimum absolute atomic E-state index is 0.0286. The van der Waals surface area contributed by atoms with Crippen LogP contribution in [0.1, 0.15) is 132 Å². The molecule has 2 saturated heterocycles. The molecule has 9 N–H and O–H groups in total. The number of rotatable bonds is 28. The number of nitrogens with two attached hydrogens (primary N) is 1. The largest absolute Gasteiger partial charge is 0.480 e. The van der Waals surface area contributed by atoms with Crippen molar-refractivity contribution in [2.24, 2.45) is 35.3 Å². The molecule has 2 aliphatic rings. The topological polar surface area (TPSA) is 279 Å². The average molecular weight is 1060 g/mol. The Morgan fingerprint density at radius 2 is 0.987 bits per heavy atom. The van der Waals surface area contributed by atoms with Crippen LogP contribution in [0.2, 0.25) is 0 Å². The van der Waals surface area contributed by atoms with Crippen molar-refractivity contribution in [1.82, 2.24) is 41.7 Å². The van der Waals surface area contributed by atoms with Crippen LogP contribution in [0.15, 0.2) is 60.7 Å². The zero-order valence-electron chi connectivity index (χ0n) is 46.4. The Labute approximate surface area is 449 Å². The van der Waals surface area contributed by atoms with Gasteiger partial charge >= 0.3 is 5.97 Å². The molecular weight excluding hydrogens is 971 g/mol. The first-order chi connectivity index (χ1) is 36.0. The predicted molar refractivity (Wildman–Crippen MR) is 290 cm³/mol. The quantitative estimate of drug-likeness (QED) is 0.0610. The number of nitrogens with zero attached hydrogens (tertiary/aromatic N) is 2. The van der Waals surface area contributed by atoms with Crippen molar-refractivity contribution in [2.45, 2.75) is 188 Å². The Kier molecular flexibility index (Phi) is 24.4. The zero-order chi connectivity index (χ0) is 56.4. The van der Waals surface area contributed by atoms with Gasteiger partial charge in [0.15, 0.2) is 0 Å². The molecular formula is C57H87N9O10. The molecule has 0 spiro atoms.